The minimum absolute atomic E-state index is 0.110. The summed E-state index contributed by atoms with van der Waals surface area (Å²) in [6, 6.07) is 3.92. The second-order valence-corrected chi connectivity index (χ2v) is 7.72. The minimum Gasteiger partial charge on any atom is -0.466 e. The fraction of sp³-hybridized carbons (Fsp3) is 0.421. The number of benzene rings is 1. The highest BCUT2D eigenvalue weighted by Crippen LogP contribution is 2.33. The molecular formula is C19H25BN4O2S. The molecule has 27 heavy (non-hydrogen) atoms. The van der Waals surface area contributed by atoms with Crippen molar-refractivity contribution in [3.63, 3.8) is 0 Å². The maximum absolute atomic E-state index is 12.2. The van der Waals surface area contributed by atoms with Crippen molar-refractivity contribution in [1.82, 2.24) is 9.97 Å². The average Bonchev–Trinajstić information content (AvgIpc) is 2.67. The van der Waals surface area contributed by atoms with Crippen molar-refractivity contribution < 1.29 is 9.53 Å². The third-order valence-corrected chi connectivity index (χ3v) is 5.83. The van der Waals surface area contributed by atoms with Gasteiger partial charge >= 0.3 is 5.97 Å². The molecule has 0 bridgehead atoms. The van der Waals surface area contributed by atoms with Gasteiger partial charge in [0.25, 0.3) is 0 Å². The number of piperidine rings is 1. The average molecular weight is 384 g/mol. The highest BCUT2D eigenvalue weighted by atomic mass is 32.1. The number of hydrogen-bond donors (Lipinski definition) is 2. The molecule has 0 spiro atoms. The van der Waals surface area contributed by atoms with Crippen molar-refractivity contribution in [2.45, 2.75) is 31.6 Å². The van der Waals surface area contributed by atoms with Gasteiger partial charge in [-0.1, -0.05) is 11.5 Å². The summed E-state index contributed by atoms with van der Waals surface area (Å²) in [5, 5.41) is 0. The van der Waals surface area contributed by atoms with Crippen LogP contribution in [0.3, 0.4) is 0 Å². The molecule has 142 valence electrons. The molecule has 0 amide bonds. The molecule has 1 aromatic heterocycles. The predicted octanol–water partition coefficient (Wildman–Crippen LogP) is 1.44. The summed E-state index contributed by atoms with van der Waals surface area (Å²) in [5.74, 6) is 0.571. The van der Waals surface area contributed by atoms with Crippen LogP contribution in [0, 0.1) is 5.41 Å². The molecule has 1 aliphatic heterocycles. The van der Waals surface area contributed by atoms with E-state index in [1.165, 1.54) is 0 Å². The number of hydrogen-bond acceptors (Lipinski definition) is 7. The molecule has 1 aromatic carbocycles. The minimum atomic E-state index is -0.421. The van der Waals surface area contributed by atoms with Crippen molar-refractivity contribution in [1.29, 1.82) is 0 Å². The lowest BCUT2D eigenvalue weighted by Crippen LogP contribution is -2.44. The standard InChI is InChI=1S/C19H25BN4O2S/c1-3-26-17(25)19(2)4-6-24(7-5-19)18-22-10-13(11-23-18)12-8-14(20)16(27)15(21)9-12/h8-11,27H,3-7,20-21H2,1-2H3. The van der Waals surface area contributed by atoms with E-state index in [9.17, 15) is 4.79 Å². The van der Waals surface area contributed by atoms with Crippen LogP contribution in [0.25, 0.3) is 11.1 Å². The molecule has 2 N–H and O–H groups in total. The second kappa shape index (κ2) is 7.80. The van der Waals surface area contributed by atoms with E-state index in [4.69, 9.17) is 10.5 Å². The summed E-state index contributed by atoms with van der Waals surface area (Å²) in [7, 11) is 1.98. The van der Waals surface area contributed by atoms with Crippen LogP contribution in [-0.4, -0.2) is 43.5 Å². The molecule has 1 saturated heterocycles. The van der Waals surface area contributed by atoms with Crippen LogP contribution in [0.4, 0.5) is 11.6 Å². The first-order valence-electron chi connectivity index (χ1n) is 9.18. The Hall–Kier alpha value is -2.22. The zero-order valence-corrected chi connectivity index (χ0v) is 16.9. The molecule has 0 unspecified atom stereocenters. The van der Waals surface area contributed by atoms with Gasteiger partial charge in [0.1, 0.15) is 7.85 Å². The van der Waals surface area contributed by atoms with E-state index in [1.54, 1.807) is 0 Å². The molecular weight excluding hydrogens is 359 g/mol. The predicted molar refractivity (Wildman–Crippen MR) is 113 cm³/mol. The van der Waals surface area contributed by atoms with Gasteiger partial charge in [-0.15, -0.1) is 12.6 Å². The zero-order valence-electron chi connectivity index (χ0n) is 16.0. The third-order valence-electron chi connectivity index (χ3n) is 5.22. The number of nitrogen functional groups attached to an aromatic ring is 1. The van der Waals surface area contributed by atoms with E-state index < -0.39 is 5.41 Å². The molecule has 0 atom stereocenters. The number of nitrogens with zero attached hydrogens (tertiary/aromatic N) is 3. The Morgan fingerprint density at radius 3 is 2.48 bits per heavy atom. The number of ether oxygens (including phenoxy) is 1. The summed E-state index contributed by atoms with van der Waals surface area (Å²) >= 11 is 4.40. The van der Waals surface area contributed by atoms with Gasteiger partial charge in [0, 0.05) is 41.6 Å². The normalized spacial score (nSPS) is 16.2. The lowest BCUT2D eigenvalue weighted by Gasteiger charge is -2.37. The largest absolute Gasteiger partial charge is 0.466 e. The van der Waals surface area contributed by atoms with Crippen LogP contribution in [0.15, 0.2) is 29.4 Å². The molecule has 2 heterocycles. The van der Waals surface area contributed by atoms with Crippen LogP contribution >= 0.6 is 12.6 Å². The Morgan fingerprint density at radius 2 is 1.93 bits per heavy atom. The lowest BCUT2D eigenvalue weighted by molar-refractivity contribution is -0.155. The number of anilines is 2. The quantitative estimate of drug-likeness (QED) is 0.359. The van der Waals surface area contributed by atoms with Gasteiger partial charge in [-0.05, 0) is 38.3 Å². The van der Waals surface area contributed by atoms with Gasteiger partial charge in [0.05, 0.1) is 12.0 Å². The molecule has 1 aliphatic rings. The van der Waals surface area contributed by atoms with Crippen LogP contribution in [0.2, 0.25) is 0 Å². The first-order valence-corrected chi connectivity index (χ1v) is 9.62. The van der Waals surface area contributed by atoms with E-state index in [1.807, 2.05) is 46.2 Å². The van der Waals surface area contributed by atoms with Crippen molar-refractivity contribution in [2.75, 3.05) is 30.3 Å². The van der Waals surface area contributed by atoms with E-state index in [0.29, 0.717) is 18.2 Å². The number of nitrogens with two attached hydrogens (primary N) is 1. The summed E-state index contributed by atoms with van der Waals surface area (Å²) in [5.41, 5.74) is 9.15. The lowest BCUT2D eigenvalue weighted by atomic mass is 9.80. The molecule has 3 rings (SSSR count). The van der Waals surface area contributed by atoms with Crippen LogP contribution < -0.4 is 16.1 Å². The van der Waals surface area contributed by atoms with Crippen molar-refractivity contribution in [3.8, 4) is 11.1 Å². The van der Waals surface area contributed by atoms with E-state index in [-0.39, 0.29) is 5.97 Å². The number of thiol groups is 1. The summed E-state index contributed by atoms with van der Waals surface area (Å²) < 4.78 is 5.21. The Kier molecular flexibility index (Phi) is 5.65. The number of carbonyl (C=O) groups is 1. The summed E-state index contributed by atoms with van der Waals surface area (Å²) in [4.78, 5) is 24.1. The van der Waals surface area contributed by atoms with Gasteiger partial charge in [-0.25, -0.2) is 9.97 Å². The molecule has 6 nitrogen and oxygen atoms in total. The first kappa shape index (κ1) is 19.5. The Labute approximate surface area is 166 Å². The fourth-order valence-electron chi connectivity index (χ4n) is 3.32. The van der Waals surface area contributed by atoms with E-state index in [2.05, 4.69) is 27.5 Å². The monoisotopic (exact) mass is 384 g/mol. The zero-order chi connectivity index (χ0) is 19.6. The molecule has 8 heteroatoms. The van der Waals surface area contributed by atoms with Crippen LogP contribution in [0.1, 0.15) is 26.7 Å². The number of esters is 1. The van der Waals surface area contributed by atoms with Gasteiger partial charge in [0.2, 0.25) is 5.95 Å². The van der Waals surface area contributed by atoms with Gasteiger partial charge in [0.15, 0.2) is 0 Å². The summed E-state index contributed by atoms with van der Waals surface area (Å²) in [6.45, 7) is 5.69. The molecule has 0 aliphatic carbocycles. The maximum atomic E-state index is 12.2. The first-order chi connectivity index (χ1) is 12.8. The van der Waals surface area contributed by atoms with Crippen LogP contribution in [-0.2, 0) is 9.53 Å². The third kappa shape index (κ3) is 4.05. The molecule has 0 radical (unpaired) electrons. The van der Waals surface area contributed by atoms with E-state index >= 15 is 0 Å². The van der Waals surface area contributed by atoms with Gasteiger partial charge in [-0.2, -0.15) is 0 Å². The maximum Gasteiger partial charge on any atom is 0.311 e. The highest BCUT2D eigenvalue weighted by molar-refractivity contribution is 7.80. The molecule has 2 aromatic rings. The fourth-order valence-corrected chi connectivity index (χ4v) is 3.45. The molecule has 1 fully saturated rings. The second-order valence-electron chi connectivity index (χ2n) is 7.27. The Balaban J connectivity index is 1.71. The Morgan fingerprint density at radius 1 is 1.30 bits per heavy atom. The van der Waals surface area contributed by atoms with Crippen molar-refractivity contribution in [2.24, 2.45) is 5.41 Å². The van der Waals surface area contributed by atoms with Crippen molar-refractivity contribution >= 4 is 43.5 Å². The smallest absolute Gasteiger partial charge is 0.311 e. The Bertz CT molecular complexity index is 813. The van der Waals surface area contributed by atoms with E-state index in [0.717, 1.165) is 47.4 Å². The number of rotatable bonds is 4. The van der Waals surface area contributed by atoms with Crippen molar-refractivity contribution in [3.05, 3.63) is 24.5 Å². The number of aromatic nitrogens is 2. The highest BCUT2D eigenvalue weighted by Gasteiger charge is 2.38. The summed E-state index contributed by atoms with van der Waals surface area (Å²) in [6.07, 6.45) is 5.09. The number of carbonyl (C=O) groups excluding carboxylic acids is 1. The SMILES string of the molecule is Bc1cc(-c2cnc(N3CCC(C)(C(=O)OCC)CC3)nc2)cc(N)c1S. The molecule has 0 saturated carbocycles. The van der Waals surface area contributed by atoms with Gasteiger partial charge < -0.3 is 15.4 Å². The van der Waals surface area contributed by atoms with Gasteiger partial charge in [-0.3, -0.25) is 4.79 Å². The topological polar surface area (TPSA) is 81.3 Å². The van der Waals surface area contributed by atoms with Crippen LogP contribution in [0.5, 0.6) is 0 Å².